The summed E-state index contributed by atoms with van der Waals surface area (Å²) >= 11 is 1.35. The van der Waals surface area contributed by atoms with E-state index < -0.39 is 37.7 Å². The molecule has 0 fully saturated rings. The minimum Gasteiger partial charge on any atom is -0.454 e. The van der Waals surface area contributed by atoms with Crippen LogP contribution in [0.2, 0.25) is 0 Å². The average Bonchev–Trinajstić information content (AvgIpc) is 2.73. The van der Waals surface area contributed by atoms with Crippen LogP contribution in [-0.4, -0.2) is 54.3 Å². The van der Waals surface area contributed by atoms with Gasteiger partial charge in [0.25, 0.3) is 5.91 Å². The summed E-state index contributed by atoms with van der Waals surface area (Å²) in [5.41, 5.74) is 1.06. The molecule has 164 valence electrons. The lowest BCUT2D eigenvalue weighted by Gasteiger charge is -2.28. The normalized spacial score (nSPS) is 13.5. The number of amides is 2. The van der Waals surface area contributed by atoms with Crippen molar-refractivity contribution in [1.82, 2.24) is 4.90 Å². The molecule has 1 aliphatic rings. The lowest BCUT2D eigenvalue weighted by atomic mass is 10.2. The molecule has 0 bridgehead atoms. The number of hydrogen-bond donors (Lipinski definition) is 0. The molecule has 0 radical (unpaired) electrons. The number of rotatable bonds is 7. The monoisotopic (exact) mass is 452 g/mol. The van der Waals surface area contributed by atoms with E-state index in [1.807, 2.05) is 6.07 Å². The third-order valence-electron chi connectivity index (χ3n) is 4.39. The fourth-order valence-electron chi connectivity index (χ4n) is 2.99. The standard InChI is InChI=1S/C21H19F3N2O4S/c22-21(23,24)14-25(10-15-6-2-1-3-7-15)18(27)12-30-20(29)11-26-16-8-4-5-9-17(16)31-13-19(26)28/h1-9H,10-14H2. The van der Waals surface area contributed by atoms with Crippen LogP contribution in [0, 0.1) is 0 Å². The minimum atomic E-state index is -4.60. The topological polar surface area (TPSA) is 66.9 Å². The minimum absolute atomic E-state index is 0.152. The fourth-order valence-corrected chi connectivity index (χ4v) is 3.92. The number of hydrogen-bond acceptors (Lipinski definition) is 5. The number of nitrogens with zero attached hydrogens (tertiary/aromatic N) is 2. The van der Waals surface area contributed by atoms with E-state index in [0.717, 1.165) is 4.90 Å². The fraction of sp³-hybridized carbons (Fsp3) is 0.286. The highest BCUT2D eigenvalue weighted by Crippen LogP contribution is 2.34. The molecule has 0 aromatic heterocycles. The van der Waals surface area contributed by atoms with Crippen molar-refractivity contribution < 1.29 is 32.3 Å². The van der Waals surface area contributed by atoms with Gasteiger partial charge in [-0.3, -0.25) is 19.3 Å². The van der Waals surface area contributed by atoms with Crippen molar-refractivity contribution in [2.45, 2.75) is 17.6 Å². The van der Waals surface area contributed by atoms with Gasteiger partial charge in [0, 0.05) is 11.4 Å². The molecule has 1 aliphatic heterocycles. The summed E-state index contributed by atoms with van der Waals surface area (Å²) in [4.78, 5) is 39.4. The van der Waals surface area contributed by atoms with Crippen molar-refractivity contribution >= 4 is 35.2 Å². The van der Waals surface area contributed by atoms with Crippen LogP contribution >= 0.6 is 11.8 Å². The lowest BCUT2D eigenvalue weighted by Crippen LogP contribution is -2.42. The highest BCUT2D eigenvalue weighted by Gasteiger charge is 2.33. The smallest absolute Gasteiger partial charge is 0.406 e. The zero-order valence-electron chi connectivity index (χ0n) is 16.3. The van der Waals surface area contributed by atoms with E-state index in [-0.39, 0.29) is 18.2 Å². The number of ether oxygens (including phenoxy) is 1. The number of alkyl halides is 3. The second-order valence-corrected chi connectivity index (χ2v) is 7.76. The van der Waals surface area contributed by atoms with Crippen LogP contribution in [0.1, 0.15) is 5.56 Å². The molecule has 0 N–H and O–H groups in total. The highest BCUT2D eigenvalue weighted by molar-refractivity contribution is 8.00. The Labute approximate surface area is 181 Å². The first kappa shape index (κ1) is 22.7. The molecule has 10 heteroatoms. The maximum absolute atomic E-state index is 12.9. The second-order valence-electron chi connectivity index (χ2n) is 6.75. The van der Waals surface area contributed by atoms with Crippen molar-refractivity contribution in [2.75, 3.05) is 30.3 Å². The Kier molecular flexibility index (Phi) is 7.21. The first-order valence-electron chi connectivity index (χ1n) is 9.29. The lowest BCUT2D eigenvalue weighted by molar-refractivity contribution is -0.167. The van der Waals surface area contributed by atoms with Crippen molar-refractivity contribution in [1.29, 1.82) is 0 Å². The van der Waals surface area contributed by atoms with E-state index in [1.165, 1.54) is 16.7 Å². The van der Waals surface area contributed by atoms with Gasteiger partial charge in [-0.2, -0.15) is 13.2 Å². The number of para-hydroxylation sites is 1. The first-order chi connectivity index (χ1) is 14.7. The maximum Gasteiger partial charge on any atom is 0.406 e. The number of anilines is 1. The molecule has 0 atom stereocenters. The summed E-state index contributed by atoms with van der Waals surface area (Å²) in [6, 6.07) is 15.2. The summed E-state index contributed by atoms with van der Waals surface area (Å²) in [7, 11) is 0. The third-order valence-corrected chi connectivity index (χ3v) is 5.44. The Morgan fingerprint density at radius 3 is 2.45 bits per heavy atom. The molecule has 2 amide bonds. The molecule has 2 aromatic rings. The number of fused-ring (bicyclic) bond motifs is 1. The molecule has 3 rings (SSSR count). The predicted molar refractivity (Wildman–Crippen MR) is 108 cm³/mol. The highest BCUT2D eigenvalue weighted by atomic mass is 32.2. The Morgan fingerprint density at radius 2 is 1.74 bits per heavy atom. The van der Waals surface area contributed by atoms with Crippen LogP contribution in [0.4, 0.5) is 18.9 Å². The van der Waals surface area contributed by atoms with Crippen LogP contribution in [0.25, 0.3) is 0 Å². The number of halogens is 3. The molecule has 0 aliphatic carbocycles. The largest absolute Gasteiger partial charge is 0.454 e. The summed E-state index contributed by atoms with van der Waals surface area (Å²) < 4.78 is 43.6. The van der Waals surface area contributed by atoms with Gasteiger partial charge in [0.1, 0.15) is 13.1 Å². The van der Waals surface area contributed by atoms with Gasteiger partial charge in [0.05, 0.1) is 11.4 Å². The van der Waals surface area contributed by atoms with Crippen molar-refractivity contribution in [3.63, 3.8) is 0 Å². The Bertz CT molecular complexity index is 953. The van der Waals surface area contributed by atoms with Crippen LogP contribution in [0.5, 0.6) is 0 Å². The first-order valence-corrected chi connectivity index (χ1v) is 10.3. The second kappa shape index (κ2) is 9.86. The zero-order chi connectivity index (χ0) is 22.4. The maximum atomic E-state index is 12.9. The SMILES string of the molecule is O=C(CN1C(=O)CSc2ccccc21)OCC(=O)N(Cc1ccccc1)CC(F)(F)F. The van der Waals surface area contributed by atoms with E-state index >= 15 is 0 Å². The third kappa shape index (κ3) is 6.48. The number of thioether (sulfide) groups is 1. The average molecular weight is 452 g/mol. The Balaban J connectivity index is 1.61. The van der Waals surface area contributed by atoms with Crippen molar-refractivity contribution in [3.8, 4) is 0 Å². The number of benzene rings is 2. The molecule has 0 unspecified atom stereocenters. The zero-order valence-corrected chi connectivity index (χ0v) is 17.1. The van der Waals surface area contributed by atoms with Crippen LogP contribution in [0.15, 0.2) is 59.5 Å². The van der Waals surface area contributed by atoms with E-state index in [0.29, 0.717) is 16.2 Å². The Hall–Kier alpha value is -3.01. The molecule has 0 spiro atoms. The quantitative estimate of drug-likeness (QED) is 0.604. The van der Waals surface area contributed by atoms with Gasteiger partial charge in [-0.25, -0.2) is 0 Å². The summed E-state index contributed by atoms with van der Waals surface area (Å²) in [6.45, 7) is -3.01. The molecule has 0 saturated heterocycles. The van der Waals surface area contributed by atoms with Crippen molar-refractivity contribution in [2.24, 2.45) is 0 Å². The summed E-state index contributed by atoms with van der Waals surface area (Å²) in [5.74, 6) is -2.00. The van der Waals surface area contributed by atoms with Gasteiger partial charge in [-0.05, 0) is 17.7 Å². The number of esters is 1. The molecule has 6 nitrogen and oxygen atoms in total. The Morgan fingerprint density at radius 1 is 1.06 bits per heavy atom. The van der Waals surface area contributed by atoms with Gasteiger partial charge in [-0.1, -0.05) is 42.5 Å². The van der Waals surface area contributed by atoms with E-state index in [4.69, 9.17) is 4.74 Å². The number of carbonyl (C=O) groups excluding carboxylic acids is 3. The van der Waals surface area contributed by atoms with Crippen molar-refractivity contribution in [3.05, 3.63) is 60.2 Å². The van der Waals surface area contributed by atoms with Gasteiger partial charge < -0.3 is 9.64 Å². The van der Waals surface area contributed by atoms with Crippen LogP contribution in [-0.2, 0) is 25.7 Å². The van der Waals surface area contributed by atoms with E-state index in [2.05, 4.69) is 0 Å². The van der Waals surface area contributed by atoms with Crippen LogP contribution < -0.4 is 4.90 Å². The molecule has 1 heterocycles. The molecule has 31 heavy (non-hydrogen) atoms. The summed E-state index contributed by atoms with van der Waals surface area (Å²) in [6.07, 6.45) is -4.60. The van der Waals surface area contributed by atoms with Gasteiger partial charge in [0.15, 0.2) is 6.61 Å². The van der Waals surface area contributed by atoms with E-state index in [9.17, 15) is 27.6 Å². The van der Waals surface area contributed by atoms with E-state index in [1.54, 1.807) is 48.5 Å². The van der Waals surface area contributed by atoms with Gasteiger partial charge in [-0.15, -0.1) is 11.8 Å². The molecular formula is C21H19F3N2O4S. The predicted octanol–water partition coefficient (Wildman–Crippen LogP) is 3.26. The number of carbonyl (C=O) groups is 3. The molecule has 0 saturated carbocycles. The van der Waals surface area contributed by atoms with Crippen LogP contribution in [0.3, 0.4) is 0 Å². The van der Waals surface area contributed by atoms with Gasteiger partial charge >= 0.3 is 12.1 Å². The summed E-state index contributed by atoms with van der Waals surface area (Å²) in [5, 5.41) is 0. The molecule has 2 aromatic carbocycles. The van der Waals surface area contributed by atoms with Gasteiger partial charge in [0.2, 0.25) is 5.91 Å². The molecular weight excluding hydrogens is 433 g/mol.